The van der Waals surface area contributed by atoms with E-state index in [2.05, 4.69) is 35.9 Å². The summed E-state index contributed by atoms with van der Waals surface area (Å²) in [4.78, 5) is 0. The molecule has 0 fully saturated rings. The van der Waals surface area contributed by atoms with Gasteiger partial charge in [-0.2, -0.15) is 13.1 Å². The van der Waals surface area contributed by atoms with E-state index in [0.29, 0.717) is 5.75 Å². The van der Waals surface area contributed by atoms with E-state index in [-0.39, 0.29) is 6.54 Å². The molecule has 0 saturated carbocycles. The molecule has 0 amide bonds. The number of hydrogen-bond donors (Lipinski definition) is 1. The van der Waals surface area contributed by atoms with E-state index in [1.807, 2.05) is 42.5 Å². The second-order valence-electron chi connectivity index (χ2n) is 6.10. The summed E-state index contributed by atoms with van der Waals surface area (Å²) in [6.45, 7) is 2.31. The highest BCUT2D eigenvalue weighted by Crippen LogP contribution is 2.36. The average Bonchev–Trinajstić information content (AvgIpc) is 2.61. The van der Waals surface area contributed by atoms with E-state index in [1.165, 1.54) is 5.56 Å². The quantitative estimate of drug-likeness (QED) is 0.758. The molecule has 1 heterocycles. The second kappa shape index (κ2) is 6.02. The highest BCUT2D eigenvalue weighted by molar-refractivity contribution is 7.85. The van der Waals surface area contributed by atoms with Gasteiger partial charge in [-0.1, -0.05) is 72.3 Å². The molecule has 126 valence electrons. The van der Waals surface area contributed by atoms with E-state index in [0.717, 1.165) is 27.8 Å². The number of hydrogen-bond acceptors (Lipinski definition) is 3. The lowest BCUT2D eigenvalue weighted by Gasteiger charge is -2.20. The van der Waals surface area contributed by atoms with Crippen molar-refractivity contribution < 1.29 is 12.6 Å². The van der Waals surface area contributed by atoms with Gasteiger partial charge in [0.1, 0.15) is 0 Å². The lowest BCUT2D eigenvalue weighted by atomic mass is 9.98. The molecule has 0 aliphatic carbocycles. The van der Waals surface area contributed by atoms with Crippen LogP contribution in [0.15, 0.2) is 66.7 Å². The lowest BCUT2D eigenvalue weighted by Crippen LogP contribution is -2.32. The van der Waals surface area contributed by atoms with Crippen LogP contribution in [0.5, 0.6) is 5.75 Å². The molecule has 1 aliphatic rings. The van der Waals surface area contributed by atoms with Gasteiger partial charge in [-0.25, -0.2) is 0 Å². The maximum absolute atomic E-state index is 11.7. The van der Waals surface area contributed by atoms with Crippen LogP contribution in [0.3, 0.4) is 0 Å². The normalized spacial score (nSPS) is 15.2. The zero-order chi connectivity index (χ0) is 17.4. The van der Waals surface area contributed by atoms with E-state index < -0.39 is 10.3 Å². The monoisotopic (exact) mass is 351 g/mol. The van der Waals surface area contributed by atoms with Gasteiger partial charge in [0.15, 0.2) is 5.75 Å². The van der Waals surface area contributed by atoms with Crippen LogP contribution in [0.2, 0.25) is 0 Å². The third-order valence-electron chi connectivity index (χ3n) is 4.31. The van der Waals surface area contributed by atoms with Crippen LogP contribution in [0, 0.1) is 6.92 Å². The van der Waals surface area contributed by atoms with Crippen molar-refractivity contribution in [2.45, 2.75) is 13.5 Å². The van der Waals surface area contributed by atoms with Crippen molar-refractivity contribution in [1.82, 2.24) is 4.72 Å². The Hall–Kier alpha value is -2.63. The Bertz CT molecular complexity index is 1020. The van der Waals surface area contributed by atoms with Gasteiger partial charge < -0.3 is 4.18 Å². The number of para-hydroxylation sites is 1. The summed E-state index contributed by atoms with van der Waals surface area (Å²) in [6, 6.07) is 22.1. The Balaban J connectivity index is 1.73. The molecular weight excluding hydrogens is 334 g/mol. The smallest absolute Gasteiger partial charge is 0.370 e. The summed E-state index contributed by atoms with van der Waals surface area (Å²) in [5.74, 6) is 0.407. The van der Waals surface area contributed by atoms with Gasteiger partial charge >= 0.3 is 10.3 Å². The van der Waals surface area contributed by atoms with Crippen LogP contribution in [0.25, 0.3) is 22.3 Å². The number of nitrogens with one attached hydrogen (secondary N) is 1. The maximum Gasteiger partial charge on any atom is 0.382 e. The van der Waals surface area contributed by atoms with Crippen molar-refractivity contribution in [2.75, 3.05) is 0 Å². The second-order valence-corrected chi connectivity index (χ2v) is 7.46. The Kier molecular flexibility index (Phi) is 3.82. The predicted octanol–water partition coefficient (Wildman–Crippen LogP) is 4.06. The topological polar surface area (TPSA) is 55.4 Å². The summed E-state index contributed by atoms with van der Waals surface area (Å²) in [5, 5.41) is 0. The number of rotatable bonds is 2. The first-order chi connectivity index (χ1) is 12.0. The maximum atomic E-state index is 11.7. The fraction of sp³-hybridized carbons (Fsp3) is 0.100. The zero-order valence-corrected chi connectivity index (χ0v) is 14.5. The van der Waals surface area contributed by atoms with E-state index in [4.69, 9.17) is 4.18 Å². The van der Waals surface area contributed by atoms with Crippen LogP contribution in [0.4, 0.5) is 0 Å². The molecule has 0 atom stereocenters. The van der Waals surface area contributed by atoms with Gasteiger partial charge in [0.25, 0.3) is 0 Å². The van der Waals surface area contributed by atoms with Crippen LogP contribution in [0.1, 0.15) is 11.1 Å². The van der Waals surface area contributed by atoms with Crippen LogP contribution < -0.4 is 8.91 Å². The van der Waals surface area contributed by atoms with Gasteiger partial charge in [-0.15, -0.1) is 0 Å². The Morgan fingerprint density at radius 1 is 0.840 bits per heavy atom. The molecular formula is C20H17NO3S. The highest BCUT2D eigenvalue weighted by Gasteiger charge is 2.24. The van der Waals surface area contributed by atoms with Crippen molar-refractivity contribution in [2.24, 2.45) is 0 Å². The molecule has 0 bridgehead atoms. The average molecular weight is 351 g/mol. The third kappa shape index (κ3) is 3.16. The molecule has 3 aromatic carbocycles. The summed E-state index contributed by atoms with van der Waals surface area (Å²) in [7, 11) is -3.73. The number of benzene rings is 3. The minimum absolute atomic E-state index is 0.243. The standard InChI is InChI=1S/C20H17NO3S/c1-14-5-7-15(8-6-14)16-9-11-17(12-10-16)19-4-2-3-18-13-21-25(22,23)24-20(18)19/h2-12,21H,13H2,1H3. The van der Waals surface area contributed by atoms with Gasteiger partial charge in [0.2, 0.25) is 0 Å². The van der Waals surface area contributed by atoms with Crippen molar-refractivity contribution in [3.63, 3.8) is 0 Å². The largest absolute Gasteiger partial charge is 0.382 e. The Morgan fingerprint density at radius 2 is 1.44 bits per heavy atom. The number of aryl methyl sites for hydroxylation is 1. The molecule has 25 heavy (non-hydrogen) atoms. The first-order valence-corrected chi connectivity index (χ1v) is 9.41. The van der Waals surface area contributed by atoms with E-state index in [1.54, 1.807) is 0 Å². The zero-order valence-electron chi connectivity index (χ0n) is 13.7. The fourth-order valence-electron chi connectivity index (χ4n) is 2.94. The van der Waals surface area contributed by atoms with E-state index in [9.17, 15) is 8.42 Å². The van der Waals surface area contributed by atoms with Gasteiger partial charge in [0, 0.05) is 17.7 Å². The summed E-state index contributed by atoms with van der Waals surface area (Å²) >= 11 is 0. The SMILES string of the molecule is Cc1ccc(-c2ccc(-c3cccc4c3OS(=O)(=O)NC4)cc2)cc1. The molecule has 4 nitrogen and oxygen atoms in total. The third-order valence-corrected chi connectivity index (χ3v) is 5.19. The minimum Gasteiger partial charge on any atom is -0.370 e. The first-order valence-electron chi connectivity index (χ1n) is 8.00. The summed E-state index contributed by atoms with van der Waals surface area (Å²) in [5.41, 5.74) is 6.01. The molecule has 4 rings (SSSR count). The summed E-state index contributed by atoms with van der Waals surface area (Å²) in [6.07, 6.45) is 0. The van der Waals surface area contributed by atoms with Gasteiger partial charge in [-0.3, -0.25) is 0 Å². The summed E-state index contributed by atoms with van der Waals surface area (Å²) < 4.78 is 31.0. The van der Waals surface area contributed by atoms with Crippen molar-refractivity contribution in [1.29, 1.82) is 0 Å². The van der Waals surface area contributed by atoms with Crippen LogP contribution in [-0.2, 0) is 16.8 Å². The predicted molar refractivity (Wildman–Crippen MR) is 98.4 cm³/mol. The van der Waals surface area contributed by atoms with Crippen molar-refractivity contribution in [3.05, 3.63) is 77.9 Å². The van der Waals surface area contributed by atoms with Crippen LogP contribution in [-0.4, -0.2) is 8.42 Å². The van der Waals surface area contributed by atoms with Crippen LogP contribution >= 0.6 is 0 Å². The van der Waals surface area contributed by atoms with Gasteiger partial charge in [-0.05, 0) is 23.6 Å². The molecule has 1 N–H and O–H groups in total. The molecule has 0 saturated heterocycles. The Morgan fingerprint density at radius 3 is 2.12 bits per heavy atom. The van der Waals surface area contributed by atoms with Crippen molar-refractivity contribution >= 4 is 10.3 Å². The number of fused-ring (bicyclic) bond motifs is 1. The molecule has 0 radical (unpaired) electrons. The lowest BCUT2D eigenvalue weighted by molar-refractivity contribution is 0.454. The fourth-order valence-corrected chi connectivity index (χ4v) is 3.75. The molecule has 0 spiro atoms. The van der Waals surface area contributed by atoms with Crippen molar-refractivity contribution in [3.8, 4) is 28.0 Å². The minimum atomic E-state index is -3.73. The Labute approximate surface area is 147 Å². The molecule has 0 aromatic heterocycles. The van der Waals surface area contributed by atoms with Gasteiger partial charge in [0.05, 0.1) is 0 Å². The molecule has 0 unspecified atom stereocenters. The first kappa shape index (κ1) is 15.9. The van der Waals surface area contributed by atoms with E-state index >= 15 is 0 Å². The molecule has 5 heteroatoms. The molecule has 1 aliphatic heterocycles. The molecule has 3 aromatic rings. The highest BCUT2D eigenvalue weighted by atomic mass is 32.2.